The van der Waals surface area contributed by atoms with E-state index >= 15 is 0 Å². The van der Waals surface area contributed by atoms with Gasteiger partial charge in [0.25, 0.3) is 0 Å². The number of hydrogen-bond donors (Lipinski definition) is 2. The van der Waals surface area contributed by atoms with Gasteiger partial charge in [0, 0.05) is 24.1 Å². The average Bonchev–Trinajstić information content (AvgIpc) is 2.99. The second-order valence-electron chi connectivity index (χ2n) is 6.35. The highest BCUT2D eigenvalue weighted by molar-refractivity contribution is 5.79. The number of hydrogen-bond acceptors (Lipinski definition) is 3. The van der Waals surface area contributed by atoms with Gasteiger partial charge >= 0.3 is 0 Å². The first-order chi connectivity index (χ1) is 10.6. The molecule has 0 fully saturated rings. The lowest BCUT2D eigenvalue weighted by atomic mass is 9.89. The second kappa shape index (κ2) is 8.32. The lowest BCUT2D eigenvalue weighted by Crippen LogP contribution is -2.39. The van der Waals surface area contributed by atoms with Crippen molar-refractivity contribution in [2.75, 3.05) is 19.6 Å². The van der Waals surface area contributed by atoms with Crippen molar-refractivity contribution in [1.29, 1.82) is 0 Å². The van der Waals surface area contributed by atoms with E-state index in [1.165, 1.54) is 0 Å². The molecule has 1 aliphatic carbocycles. The third-order valence-corrected chi connectivity index (χ3v) is 4.75. The number of H-pyrrole nitrogens is 1. The Bertz CT molecular complexity index is 467. The van der Waals surface area contributed by atoms with E-state index in [2.05, 4.69) is 41.0 Å². The smallest absolute Gasteiger partial charge is 0.223 e. The fraction of sp³-hybridized carbons (Fsp3) is 0.765. The molecule has 2 rings (SSSR count). The van der Waals surface area contributed by atoms with E-state index in [-0.39, 0.29) is 17.9 Å². The molecule has 0 aromatic carbocycles. The quantitative estimate of drug-likeness (QED) is 0.773. The van der Waals surface area contributed by atoms with E-state index in [4.69, 9.17) is 0 Å². The van der Waals surface area contributed by atoms with E-state index in [1.807, 2.05) is 0 Å². The zero-order valence-electron chi connectivity index (χ0n) is 14.2. The number of carbonyl (C=O) groups excluding carboxylic acids is 1. The highest BCUT2D eigenvalue weighted by atomic mass is 16.1. The molecule has 0 saturated heterocycles. The molecular weight excluding hydrogens is 276 g/mol. The van der Waals surface area contributed by atoms with Crippen LogP contribution in [0.5, 0.6) is 0 Å². The molecule has 2 N–H and O–H groups in total. The van der Waals surface area contributed by atoms with Crippen molar-refractivity contribution >= 4 is 5.91 Å². The third-order valence-electron chi connectivity index (χ3n) is 4.75. The van der Waals surface area contributed by atoms with Crippen LogP contribution in [0.25, 0.3) is 0 Å². The molecule has 0 aliphatic heterocycles. The van der Waals surface area contributed by atoms with Crippen LogP contribution in [0.3, 0.4) is 0 Å². The Balaban J connectivity index is 1.70. The number of aromatic nitrogens is 2. The first-order valence-corrected chi connectivity index (χ1v) is 8.67. The summed E-state index contributed by atoms with van der Waals surface area (Å²) in [6.07, 6.45) is 6.54. The number of fused-ring (bicyclic) bond motifs is 1. The van der Waals surface area contributed by atoms with Gasteiger partial charge in [-0.1, -0.05) is 13.8 Å². The highest BCUT2D eigenvalue weighted by Crippen LogP contribution is 2.23. The molecule has 0 saturated carbocycles. The van der Waals surface area contributed by atoms with Crippen LogP contribution in [0.1, 0.15) is 51.4 Å². The van der Waals surface area contributed by atoms with Crippen LogP contribution in [0.4, 0.5) is 0 Å². The number of rotatable bonds is 8. The predicted molar refractivity (Wildman–Crippen MR) is 88.7 cm³/mol. The Morgan fingerprint density at radius 1 is 1.50 bits per heavy atom. The van der Waals surface area contributed by atoms with Gasteiger partial charge in [-0.25, -0.2) is 4.98 Å². The molecule has 0 radical (unpaired) electrons. The summed E-state index contributed by atoms with van der Waals surface area (Å²) in [6.45, 7) is 9.83. The number of aromatic amines is 1. The Labute approximate surface area is 133 Å². The van der Waals surface area contributed by atoms with Crippen LogP contribution >= 0.6 is 0 Å². The Hall–Kier alpha value is -1.36. The van der Waals surface area contributed by atoms with E-state index in [9.17, 15) is 4.79 Å². The summed E-state index contributed by atoms with van der Waals surface area (Å²) < 4.78 is 0. The molecule has 1 aromatic rings. The lowest BCUT2D eigenvalue weighted by molar-refractivity contribution is -0.126. The van der Waals surface area contributed by atoms with E-state index in [0.717, 1.165) is 63.1 Å². The largest absolute Gasteiger partial charge is 0.353 e. The molecule has 1 aliphatic rings. The SMILES string of the molecule is CCN(CC)CCCC(C)NC(=O)C1CCc2nc[nH]c2C1. The molecule has 1 aromatic heterocycles. The molecule has 5 nitrogen and oxygen atoms in total. The fourth-order valence-electron chi connectivity index (χ4n) is 3.22. The summed E-state index contributed by atoms with van der Waals surface area (Å²) in [5.74, 6) is 0.300. The molecule has 124 valence electrons. The van der Waals surface area contributed by atoms with Crippen molar-refractivity contribution in [2.24, 2.45) is 5.92 Å². The lowest BCUT2D eigenvalue weighted by Gasteiger charge is -2.24. The first kappa shape index (κ1) is 17.0. The molecular formula is C17H30N4O. The van der Waals surface area contributed by atoms with E-state index < -0.39 is 0 Å². The van der Waals surface area contributed by atoms with Crippen LogP contribution in [0.2, 0.25) is 0 Å². The molecule has 0 spiro atoms. The molecule has 2 unspecified atom stereocenters. The molecule has 5 heteroatoms. The van der Waals surface area contributed by atoms with Crippen molar-refractivity contribution in [1.82, 2.24) is 20.2 Å². The first-order valence-electron chi connectivity index (χ1n) is 8.67. The number of amides is 1. The number of imidazole rings is 1. The molecule has 1 heterocycles. The maximum absolute atomic E-state index is 12.4. The van der Waals surface area contributed by atoms with Crippen LogP contribution in [0.15, 0.2) is 6.33 Å². The van der Waals surface area contributed by atoms with Gasteiger partial charge in [-0.05, 0) is 52.2 Å². The van der Waals surface area contributed by atoms with E-state index in [0.29, 0.717) is 0 Å². The number of nitrogens with zero attached hydrogens (tertiary/aromatic N) is 2. The Morgan fingerprint density at radius 3 is 3.00 bits per heavy atom. The minimum absolute atomic E-state index is 0.0955. The van der Waals surface area contributed by atoms with Gasteiger partial charge < -0.3 is 15.2 Å². The number of aryl methyl sites for hydroxylation is 1. The van der Waals surface area contributed by atoms with Gasteiger partial charge in [-0.3, -0.25) is 4.79 Å². The number of nitrogens with one attached hydrogen (secondary N) is 2. The number of carbonyl (C=O) groups is 1. The van der Waals surface area contributed by atoms with Gasteiger partial charge in [-0.15, -0.1) is 0 Å². The second-order valence-corrected chi connectivity index (χ2v) is 6.35. The minimum atomic E-state index is 0.0955. The zero-order valence-corrected chi connectivity index (χ0v) is 14.2. The highest BCUT2D eigenvalue weighted by Gasteiger charge is 2.26. The predicted octanol–water partition coefficient (Wildman–Crippen LogP) is 2.14. The minimum Gasteiger partial charge on any atom is -0.353 e. The summed E-state index contributed by atoms with van der Waals surface area (Å²) in [7, 11) is 0. The van der Waals surface area contributed by atoms with Crippen molar-refractivity contribution in [3.05, 3.63) is 17.7 Å². The van der Waals surface area contributed by atoms with Crippen molar-refractivity contribution in [3.8, 4) is 0 Å². The van der Waals surface area contributed by atoms with Crippen molar-refractivity contribution in [3.63, 3.8) is 0 Å². The summed E-state index contributed by atoms with van der Waals surface area (Å²) >= 11 is 0. The molecule has 2 atom stereocenters. The summed E-state index contributed by atoms with van der Waals surface area (Å²) in [5, 5.41) is 3.19. The van der Waals surface area contributed by atoms with E-state index in [1.54, 1.807) is 6.33 Å². The van der Waals surface area contributed by atoms with Gasteiger partial charge in [0.2, 0.25) is 5.91 Å². The van der Waals surface area contributed by atoms with Crippen LogP contribution in [-0.2, 0) is 17.6 Å². The van der Waals surface area contributed by atoms with Crippen molar-refractivity contribution in [2.45, 2.75) is 58.9 Å². The van der Waals surface area contributed by atoms with Crippen LogP contribution in [0, 0.1) is 5.92 Å². The van der Waals surface area contributed by atoms with Gasteiger partial charge in [0.1, 0.15) is 0 Å². The Kier molecular flexibility index (Phi) is 6.43. The van der Waals surface area contributed by atoms with Crippen LogP contribution in [-0.4, -0.2) is 46.5 Å². The normalized spacial score (nSPS) is 19.0. The molecule has 22 heavy (non-hydrogen) atoms. The maximum Gasteiger partial charge on any atom is 0.223 e. The molecule has 1 amide bonds. The maximum atomic E-state index is 12.4. The summed E-state index contributed by atoms with van der Waals surface area (Å²) in [5.41, 5.74) is 2.27. The van der Waals surface area contributed by atoms with Crippen molar-refractivity contribution < 1.29 is 4.79 Å². The third kappa shape index (κ3) is 4.57. The fourth-order valence-corrected chi connectivity index (χ4v) is 3.22. The molecule has 0 bridgehead atoms. The zero-order chi connectivity index (χ0) is 15.9. The summed E-state index contributed by atoms with van der Waals surface area (Å²) in [4.78, 5) is 22.3. The van der Waals surface area contributed by atoms with Crippen LogP contribution < -0.4 is 5.32 Å². The average molecular weight is 306 g/mol. The van der Waals surface area contributed by atoms with Gasteiger partial charge in [0.05, 0.1) is 12.0 Å². The standard InChI is InChI=1S/C17H30N4O/c1-4-21(5-2)10-6-7-13(3)20-17(22)14-8-9-15-16(11-14)19-12-18-15/h12-14H,4-11H2,1-3H3,(H,18,19)(H,20,22). The topological polar surface area (TPSA) is 61.0 Å². The summed E-state index contributed by atoms with van der Waals surface area (Å²) in [6, 6.07) is 0.256. The monoisotopic (exact) mass is 306 g/mol. The van der Waals surface area contributed by atoms with Gasteiger partial charge in [-0.2, -0.15) is 0 Å². The van der Waals surface area contributed by atoms with Gasteiger partial charge in [0.15, 0.2) is 0 Å². The Morgan fingerprint density at radius 2 is 2.27 bits per heavy atom.